The highest BCUT2D eigenvalue weighted by Gasteiger charge is 2.17. The molecule has 0 spiro atoms. The number of aliphatic hydroxyl groups excluding tert-OH is 1. The molecule has 0 aliphatic rings. The summed E-state index contributed by atoms with van der Waals surface area (Å²) < 4.78 is 24.2. The molecule has 0 unspecified atom stereocenters. The Morgan fingerprint density at radius 3 is 2.77 bits per heavy atom. The van der Waals surface area contributed by atoms with Gasteiger partial charge in [0.1, 0.15) is 10.8 Å². The fraction of sp³-hybridized carbons (Fsp3) is 0.167. The lowest BCUT2D eigenvalue weighted by Gasteiger charge is -2.01. The van der Waals surface area contributed by atoms with E-state index >= 15 is 0 Å². The number of amides is 1. The molecular formula is C6H7NO4S2. The Morgan fingerprint density at radius 2 is 2.31 bits per heavy atom. The molecule has 13 heavy (non-hydrogen) atoms. The van der Waals surface area contributed by atoms with Crippen molar-refractivity contribution < 1.29 is 18.3 Å². The molecule has 0 aliphatic carbocycles. The van der Waals surface area contributed by atoms with E-state index in [0.29, 0.717) is 0 Å². The molecule has 1 aromatic heterocycles. The number of carbonyl (C=O) groups is 1. The maximum atomic E-state index is 11.2. The van der Waals surface area contributed by atoms with Crippen LogP contribution in [0, 0.1) is 0 Å². The van der Waals surface area contributed by atoms with Gasteiger partial charge in [-0.15, -0.1) is 11.3 Å². The molecule has 0 saturated heterocycles. The standard InChI is InChI=1S/C6H7NO4S2/c8-4-5(9)7-13(10,11)6-2-1-3-12-6/h1-3,8H,4H2,(H,7,9). The predicted molar refractivity (Wildman–Crippen MR) is 46.7 cm³/mol. The Kier molecular flexibility index (Phi) is 3.02. The summed E-state index contributed by atoms with van der Waals surface area (Å²) in [4.78, 5) is 10.6. The van der Waals surface area contributed by atoms with Crippen LogP contribution in [0.1, 0.15) is 0 Å². The number of carbonyl (C=O) groups excluding carboxylic acids is 1. The number of aliphatic hydroxyl groups is 1. The van der Waals surface area contributed by atoms with E-state index in [1.807, 2.05) is 0 Å². The Labute approximate surface area is 79.1 Å². The van der Waals surface area contributed by atoms with E-state index in [4.69, 9.17) is 5.11 Å². The van der Waals surface area contributed by atoms with Crippen LogP contribution in [0.25, 0.3) is 0 Å². The average Bonchev–Trinajstić information content (AvgIpc) is 2.55. The molecule has 1 amide bonds. The molecule has 72 valence electrons. The molecule has 0 radical (unpaired) electrons. The number of nitrogens with one attached hydrogen (secondary N) is 1. The van der Waals surface area contributed by atoms with Crippen LogP contribution in [-0.2, 0) is 14.8 Å². The zero-order chi connectivity index (χ0) is 9.90. The van der Waals surface area contributed by atoms with Gasteiger partial charge in [0.2, 0.25) is 0 Å². The van der Waals surface area contributed by atoms with E-state index in [9.17, 15) is 13.2 Å². The lowest BCUT2D eigenvalue weighted by molar-refractivity contribution is -0.122. The first-order valence-electron chi connectivity index (χ1n) is 3.26. The van der Waals surface area contributed by atoms with Gasteiger partial charge in [0.05, 0.1) is 0 Å². The minimum Gasteiger partial charge on any atom is -0.387 e. The lowest BCUT2D eigenvalue weighted by Crippen LogP contribution is -2.32. The van der Waals surface area contributed by atoms with Crippen molar-refractivity contribution in [2.75, 3.05) is 6.61 Å². The van der Waals surface area contributed by atoms with Crippen molar-refractivity contribution in [3.8, 4) is 0 Å². The van der Waals surface area contributed by atoms with Crippen molar-refractivity contribution >= 4 is 27.3 Å². The second-order valence-corrected chi connectivity index (χ2v) is 4.98. The summed E-state index contributed by atoms with van der Waals surface area (Å²) in [6.45, 7) is -0.843. The number of thiophene rings is 1. The molecule has 0 aliphatic heterocycles. The van der Waals surface area contributed by atoms with Crippen molar-refractivity contribution in [1.82, 2.24) is 4.72 Å². The van der Waals surface area contributed by atoms with Gasteiger partial charge in [0.15, 0.2) is 0 Å². The number of hydrogen-bond acceptors (Lipinski definition) is 5. The van der Waals surface area contributed by atoms with Crippen LogP contribution in [0.15, 0.2) is 21.7 Å². The van der Waals surface area contributed by atoms with Gasteiger partial charge in [-0.1, -0.05) is 6.07 Å². The van der Waals surface area contributed by atoms with Gasteiger partial charge in [-0.2, -0.15) is 0 Å². The lowest BCUT2D eigenvalue weighted by atomic mass is 10.7. The van der Waals surface area contributed by atoms with Gasteiger partial charge in [0, 0.05) is 0 Å². The number of rotatable bonds is 3. The molecule has 1 heterocycles. The van der Waals surface area contributed by atoms with E-state index in [-0.39, 0.29) is 4.21 Å². The molecule has 0 fully saturated rings. The zero-order valence-electron chi connectivity index (χ0n) is 6.43. The van der Waals surface area contributed by atoms with Crippen LogP contribution < -0.4 is 4.72 Å². The molecule has 7 heteroatoms. The first-order valence-corrected chi connectivity index (χ1v) is 5.62. The zero-order valence-corrected chi connectivity index (χ0v) is 8.06. The highest BCUT2D eigenvalue weighted by molar-refractivity contribution is 7.92. The molecule has 1 aromatic rings. The smallest absolute Gasteiger partial charge is 0.273 e. The molecule has 1 rings (SSSR count). The summed E-state index contributed by atoms with van der Waals surface area (Å²) in [6, 6.07) is 2.93. The van der Waals surface area contributed by atoms with Crippen molar-refractivity contribution in [1.29, 1.82) is 0 Å². The Morgan fingerprint density at radius 1 is 1.62 bits per heavy atom. The van der Waals surface area contributed by atoms with Crippen molar-refractivity contribution in [3.05, 3.63) is 17.5 Å². The van der Waals surface area contributed by atoms with Crippen molar-refractivity contribution in [3.63, 3.8) is 0 Å². The quantitative estimate of drug-likeness (QED) is 0.723. The average molecular weight is 221 g/mol. The molecular weight excluding hydrogens is 214 g/mol. The predicted octanol–water partition coefficient (Wildman–Crippen LogP) is -0.455. The third kappa shape index (κ3) is 2.51. The van der Waals surface area contributed by atoms with Gasteiger partial charge in [-0.3, -0.25) is 4.79 Å². The third-order valence-corrected chi connectivity index (χ3v) is 3.92. The molecule has 0 saturated carbocycles. The van der Waals surface area contributed by atoms with Crippen LogP contribution in [0.3, 0.4) is 0 Å². The molecule has 5 nitrogen and oxygen atoms in total. The largest absolute Gasteiger partial charge is 0.387 e. The third-order valence-electron chi connectivity index (χ3n) is 1.15. The fourth-order valence-electron chi connectivity index (χ4n) is 0.649. The number of hydrogen-bond donors (Lipinski definition) is 2. The first kappa shape index (κ1) is 10.2. The van der Waals surface area contributed by atoms with E-state index < -0.39 is 22.5 Å². The highest BCUT2D eigenvalue weighted by Crippen LogP contribution is 2.14. The Bertz CT molecular complexity index is 381. The van der Waals surface area contributed by atoms with Crippen molar-refractivity contribution in [2.45, 2.75) is 4.21 Å². The normalized spacial score (nSPS) is 11.2. The van der Waals surface area contributed by atoms with Crippen molar-refractivity contribution in [2.24, 2.45) is 0 Å². The van der Waals surface area contributed by atoms with Crippen LogP contribution in [0.5, 0.6) is 0 Å². The molecule has 2 N–H and O–H groups in total. The maximum Gasteiger partial charge on any atom is 0.273 e. The SMILES string of the molecule is O=C(CO)NS(=O)(=O)c1cccs1. The van der Waals surface area contributed by atoms with E-state index in [2.05, 4.69) is 0 Å². The fourth-order valence-corrected chi connectivity index (χ4v) is 2.62. The van der Waals surface area contributed by atoms with Gasteiger partial charge in [0.25, 0.3) is 15.9 Å². The number of sulfonamides is 1. The summed E-state index contributed by atoms with van der Waals surface area (Å²) >= 11 is 0.998. The maximum absolute atomic E-state index is 11.2. The van der Waals surface area contributed by atoms with Gasteiger partial charge in [-0.25, -0.2) is 13.1 Å². The highest BCUT2D eigenvalue weighted by atomic mass is 32.2. The van der Waals surface area contributed by atoms with Gasteiger partial charge < -0.3 is 5.11 Å². The van der Waals surface area contributed by atoms with Crippen LogP contribution in [-0.4, -0.2) is 26.0 Å². The van der Waals surface area contributed by atoms with Crippen LogP contribution in [0.2, 0.25) is 0 Å². The monoisotopic (exact) mass is 221 g/mol. The summed E-state index contributed by atoms with van der Waals surface area (Å²) in [5, 5.41) is 9.90. The summed E-state index contributed by atoms with van der Waals surface area (Å²) in [5.41, 5.74) is 0. The second-order valence-electron chi connectivity index (χ2n) is 2.12. The second kappa shape index (κ2) is 3.86. The van der Waals surface area contributed by atoms with Gasteiger partial charge >= 0.3 is 0 Å². The molecule has 0 aromatic carbocycles. The molecule has 0 atom stereocenters. The van der Waals surface area contributed by atoms with E-state index in [1.54, 1.807) is 16.2 Å². The Balaban J connectivity index is 2.86. The van der Waals surface area contributed by atoms with Gasteiger partial charge in [-0.05, 0) is 11.4 Å². The molecule has 0 bridgehead atoms. The van der Waals surface area contributed by atoms with E-state index in [0.717, 1.165) is 11.3 Å². The first-order chi connectivity index (χ1) is 6.06. The topological polar surface area (TPSA) is 83.5 Å². The van der Waals surface area contributed by atoms with E-state index in [1.165, 1.54) is 6.07 Å². The summed E-state index contributed by atoms with van der Waals surface area (Å²) in [6.07, 6.45) is 0. The van der Waals surface area contributed by atoms with Crippen LogP contribution >= 0.6 is 11.3 Å². The summed E-state index contributed by atoms with van der Waals surface area (Å²) in [5.74, 6) is -0.937. The minimum atomic E-state index is -3.77. The summed E-state index contributed by atoms with van der Waals surface area (Å²) in [7, 11) is -3.77. The van der Waals surface area contributed by atoms with Crippen LogP contribution in [0.4, 0.5) is 0 Å². The minimum absolute atomic E-state index is 0.0503. The Hall–Kier alpha value is -0.920.